The van der Waals surface area contributed by atoms with Crippen molar-refractivity contribution in [2.24, 2.45) is 0 Å². The minimum absolute atomic E-state index is 0.155. The zero-order chi connectivity index (χ0) is 23.8. The number of methoxy groups -OCH3 is 2. The summed E-state index contributed by atoms with van der Waals surface area (Å²) in [6.45, 7) is 1.32. The summed E-state index contributed by atoms with van der Waals surface area (Å²) in [6, 6.07) is 24.4. The van der Waals surface area contributed by atoms with Crippen LogP contribution in [-0.2, 0) is 14.3 Å². The van der Waals surface area contributed by atoms with Crippen molar-refractivity contribution in [2.45, 2.75) is 17.7 Å². The first-order valence-electron chi connectivity index (χ1n) is 10.4. The average Bonchev–Trinajstić information content (AvgIpc) is 2.84. The Morgan fingerprint density at radius 3 is 1.70 bits per heavy atom. The van der Waals surface area contributed by atoms with Crippen molar-refractivity contribution in [3.63, 3.8) is 0 Å². The van der Waals surface area contributed by atoms with Gasteiger partial charge in [0.05, 0.1) is 19.0 Å². The second-order valence-electron chi connectivity index (χ2n) is 7.41. The van der Waals surface area contributed by atoms with Crippen LogP contribution >= 0.6 is 11.8 Å². The van der Waals surface area contributed by atoms with Crippen LogP contribution in [0, 0.1) is 0 Å². The fourth-order valence-corrected chi connectivity index (χ4v) is 5.25. The lowest BCUT2D eigenvalue weighted by atomic mass is 9.84. The molecule has 3 aromatic rings. The number of aliphatic carboxylic acids is 1. The van der Waals surface area contributed by atoms with E-state index in [4.69, 9.17) is 9.47 Å². The molecule has 33 heavy (non-hydrogen) atoms. The number of nitrogens with one attached hydrogen (secondary N) is 1. The fraction of sp³-hybridized carbons (Fsp3) is 0.231. The summed E-state index contributed by atoms with van der Waals surface area (Å²) in [4.78, 5) is 23.5. The highest BCUT2D eigenvalue weighted by Gasteiger charge is 2.38. The van der Waals surface area contributed by atoms with Gasteiger partial charge in [-0.1, -0.05) is 54.6 Å². The maximum Gasteiger partial charge on any atom is 0.327 e. The van der Waals surface area contributed by atoms with Crippen molar-refractivity contribution in [1.29, 1.82) is 0 Å². The molecule has 0 heterocycles. The molecule has 0 saturated carbocycles. The molecular formula is C26H27NO5S. The molecule has 0 spiro atoms. The van der Waals surface area contributed by atoms with Crippen LogP contribution in [0.2, 0.25) is 0 Å². The normalized spacial score (nSPS) is 12.0. The van der Waals surface area contributed by atoms with Crippen LogP contribution in [0.1, 0.15) is 23.6 Å². The molecule has 0 saturated heterocycles. The standard InChI is InChI=1S/C26H27NO5S/c1-18(28)27-24(25(29)30)17-33-26(19-7-5-4-6-8-19,20-9-13-22(31-2)14-10-20)21-11-15-23(32-3)16-12-21/h4-16,24H,17H2,1-3H3,(H,27,28)(H,29,30). The van der Waals surface area contributed by atoms with Crippen molar-refractivity contribution >= 4 is 23.6 Å². The van der Waals surface area contributed by atoms with Crippen LogP contribution in [0.15, 0.2) is 78.9 Å². The minimum atomic E-state index is -1.08. The molecule has 3 aromatic carbocycles. The topological polar surface area (TPSA) is 84.9 Å². The van der Waals surface area contributed by atoms with E-state index in [9.17, 15) is 14.7 Å². The molecule has 7 heteroatoms. The van der Waals surface area contributed by atoms with Gasteiger partial charge in [-0.3, -0.25) is 4.79 Å². The Kier molecular flexibility index (Phi) is 8.01. The van der Waals surface area contributed by atoms with E-state index in [1.54, 1.807) is 14.2 Å². The molecule has 3 rings (SSSR count). The van der Waals surface area contributed by atoms with Gasteiger partial charge >= 0.3 is 5.97 Å². The van der Waals surface area contributed by atoms with E-state index in [1.165, 1.54) is 18.7 Å². The summed E-state index contributed by atoms with van der Waals surface area (Å²) in [6.07, 6.45) is 0. The van der Waals surface area contributed by atoms with Gasteiger partial charge in [0.2, 0.25) is 5.91 Å². The van der Waals surface area contributed by atoms with E-state index in [0.717, 1.165) is 28.2 Å². The molecule has 6 nitrogen and oxygen atoms in total. The molecule has 0 aromatic heterocycles. The maximum absolute atomic E-state index is 11.9. The first kappa shape index (κ1) is 24.2. The van der Waals surface area contributed by atoms with E-state index in [-0.39, 0.29) is 11.7 Å². The van der Waals surface area contributed by atoms with Crippen LogP contribution in [-0.4, -0.2) is 43.0 Å². The molecule has 172 valence electrons. The molecule has 1 amide bonds. The molecule has 1 unspecified atom stereocenters. The highest BCUT2D eigenvalue weighted by Crippen LogP contribution is 2.49. The molecule has 0 aliphatic heterocycles. The number of benzene rings is 3. The van der Waals surface area contributed by atoms with Crippen molar-refractivity contribution in [2.75, 3.05) is 20.0 Å². The second kappa shape index (κ2) is 10.9. The molecular weight excluding hydrogens is 438 g/mol. The largest absolute Gasteiger partial charge is 0.497 e. The van der Waals surface area contributed by atoms with E-state index >= 15 is 0 Å². The van der Waals surface area contributed by atoms with Gasteiger partial charge in [0.25, 0.3) is 0 Å². The smallest absolute Gasteiger partial charge is 0.327 e. The summed E-state index contributed by atoms with van der Waals surface area (Å²) in [5.41, 5.74) is 2.89. The molecule has 1 atom stereocenters. The third kappa shape index (κ3) is 5.49. The zero-order valence-corrected chi connectivity index (χ0v) is 19.6. The van der Waals surface area contributed by atoms with E-state index < -0.39 is 16.8 Å². The van der Waals surface area contributed by atoms with Gasteiger partial charge in [0, 0.05) is 12.7 Å². The van der Waals surface area contributed by atoms with Gasteiger partial charge in [-0.25, -0.2) is 4.79 Å². The van der Waals surface area contributed by atoms with Crippen LogP contribution < -0.4 is 14.8 Å². The first-order valence-corrected chi connectivity index (χ1v) is 11.4. The monoisotopic (exact) mass is 465 g/mol. The van der Waals surface area contributed by atoms with Crippen LogP contribution in [0.25, 0.3) is 0 Å². The number of hydrogen-bond donors (Lipinski definition) is 2. The Labute approximate surface area is 197 Å². The number of carbonyl (C=O) groups is 2. The van der Waals surface area contributed by atoms with Gasteiger partial charge in [-0.15, -0.1) is 11.8 Å². The number of carbonyl (C=O) groups excluding carboxylic acids is 1. The van der Waals surface area contributed by atoms with Crippen molar-refractivity contribution in [3.8, 4) is 11.5 Å². The van der Waals surface area contributed by atoms with Crippen molar-refractivity contribution < 1.29 is 24.2 Å². The summed E-state index contributed by atoms with van der Waals surface area (Å²) >= 11 is 1.46. The van der Waals surface area contributed by atoms with Crippen LogP contribution in [0.3, 0.4) is 0 Å². The third-order valence-corrected chi connectivity index (χ3v) is 6.96. The Balaban J connectivity index is 2.19. The molecule has 0 aliphatic carbocycles. The lowest BCUT2D eigenvalue weighted by molar-refractivity contribution is -0.140. The number of amides is 1. The number of hydrogen-bond acceptors (Lipinski definition) is 5. The maximum atomic E-state index is 11.9. The van der Waals surface area contributed by atoms with E-state index in [1.807, 2.05) is 78.9 Å². The van der Waals surface area contributed by atoms with Crippen molar-refractivity contribution in [3.05, 3.63) is 95.6 Å². The number of thioether (sulfide) groups is 1. The Bertz CT molecular complexity index is 1020. The predicted molar refractivity (Wildman–Crippen MR) is 130 cm³/mol. The quantitative estimate of drug-likeness (QED) is 0.434. The Morgan fingerprint density at radius 1 is 0.848 bits per heavy atom. The number of carboxylic acid groups (broad SMARTS) is 1. The number of ether oxygens (including phenoxy) is 2. The third-order valence-electron chi connectivity index (χ3n) is 5.32. The van der Waals surface area contributed by atoms with Crippen LogP contribution in [0.5, 0.6) is 11.5 Å². The number of rotatable bonds is 10. The molecule has 0 aliphatic rings. The molecule has 2 N–H and O–H groups in total. The van der Waals surface area contributed by atoms with Gasteiger partial charge in [-0.05, 0) is 41.0 Å². The second-order valence-corrected chi connectivity index (χ2v) is 8.64. The summed E-state index contributed by atoms with van der Waals surface area (Å²) in [5.74, 6) is 0.137. The van der Waals surface area contributed by atoms with Crippen LogP contribution in [0.4, 0.5) is 0 Å². The lowest BCUT2D eigenvalue weighted by Gasteiger charge is -2.36. The SMILES string of the molecule is COc1ccc(C(SCC(NC(C)=O)C(=O)O)(c2ccccc2)c2ccc(OC)cc2)cc1. The summed E-state index contributed by atoms with van der Waals surface area (Å²) < 4.78 is 9.95. The predicted octanol–water partition coefficient (Wildman–Crippen LogP) is 4.32. The zero-order valence-electron chi connectivity index (χ0n) is 18.8. The highest BCUT2D eigenvalue weighted by atomic mass is 32.2. The average molecular weight is 466 g/mol. The summed E-state index contributed by atoms with van der Waals surface area (Å²) in [7, 11) is 3.23. The first-order chi connectivity index (χ1) is 15.9. The van der Waals surface area contributed by atoms with Gasteiger partial charge < -0.3 is 19.9 Å². The summed E-state index contributed by atoms with van der Waals surface area (Å²) in [5, 5.41) is 12.2. The Hall–Kier alpha value is -3.45. The number of carboxylic acids is 1. The Morgan fingerprint density at radius 2 is 1.30 bits per heavy atom. The highest BCUT2D eigenvalue weighted by molar-refractivity contribution is 8.00. The van der Waals surface area contributed by atoms with Gasteiger partial charge in [0.15, 0.2) is 0 Å². The van der Waals surface area contributed by atoms with E-state index in [0.29, 0.717) is 0 Å². The lowest BCUT2D eigenvalue weighted by Crippen LogP contribution is -2.42. The molecule has 0 radical (unpaired) electrons. The molecule has 0 fully saturated rings. The molecule has 0 bridgehead atoms. The van der Waals surface area contributed by atoms with Crippen molar-refractivity contribution in [1.82, 2.24) is 5.32 Å². The van der Waals surface area contributed by atoms with E-state index in [2.05, 4.69) is 5.32 Å². The fourth-order valence-electron chi connectivity index (χ4n) is 3.70. The minimum Gasteiger partial charge on any atom is -0.497 e. The van der Waals surface area contributed by atoms with Gasteiger partial charge in [0.1, 0.15) is 17.5 Å². The van der Waals surface area contributed by atoms with Gasteiger partial charge in [-0.2, -0.15) is 0 Å².